The van der Waals surface area contributed by atoms with E-state index in [-0.39, 0.29) is 11.6 Å². The van der Waals surface area contributed by atoms with E-state index in [2.05, 4.69) is 20.6 Å². The van der Waals surface area contributed by atoms with Gasteiger partial charge in [-0.25, -0.2) is 23.1 Å². The minimum atomic E-state index is -1.68. The van der Waals surface area contributed by atoms with Gasteiger partial charge in [-0.1, -0.05) is 6.07 Å². The van der Waals surface area contributed by atoms with Crippen molar-refractivity contribution in [2.24, 2.45) is 0 Å². The maximum absolute atomic E-state index is 13.7. The minimum Gasteiger partial charge on any atom is -0.324 e. The van der Waals surface area contributed by atoms with Gasteiger partial charge in [0, 0.05) is 11.9 Å². The first kappa shape index (κ1) is 17.9. The smallest absolute Gasteiger partial charge is 0.274 e. The van der Waals surface area contributed by atoms with Gasteiger partial charge in [-0.2, -0.15) is 5.26 Å². The molecule has 2 N–H and O–H groups in total. The van der Waals surface area contributed by atoms with Crippen LogP contribution in [0.1, 0.15) is 16.1 Å². The zero-order valence-electron chi connectivity index (χ0n) is 13.5. The average Bonchev–Trinajstić information content (AvgIpc) is 2.68. The van der Waals surface area contributed by atoms with E-state index in [1.165, 1.54) is 12.3 Å². The Balaban J connectivity index is 1.80. The lowest BCUT2D eigenvalue weighted by molar-refractivity contribution is 0.102. The summed E-state index contributed by atoms with van der Waals surface area (Å²) in [5.74, 6) is -5.34. The summed E-state index contributed by atoms with van der Waals surface area (Å²) in [5.41, 5.74) is 0.294. The normalized spacial score (nSPS) is 10.1. The molecule has 0 saturated heterocycles. The highest BCUT2D eigenvalue weighted by Gasteiger charge is 2.17. The fourth-order valence-electron chi connectivity index (χ4n) is 2.15. The van der Waals surface area contributed by atoms with E-state index in [1.54, 1.807) is 24.3 Å². The van der Waals surface area contributed by atoms with Crippen LogP contribution >= 0.6 is 0 Å². The third kappa shape index (κ3) is 4.01. The van der Waals surface area contributed by atoms with Gasteiger partial charge in [0.25, 0.3) is 5.91 Å². The quantitative estimate of drug-likeness (QED) is 0.684. The van der Waals surface area contributed by atoms with Crippen molar-refractivity contribution in [2.75, 3.05) is 10.6 Å². The first-order valence-electron chi connectivity index (χ1n) is 7.53. The number of amides is 1. The highest BCUT2D eigenvalue weighted by Crippen LogP contribution is 2.20. The van der Waals surface area contributed by atoms with Gasteiger partial charge in [0.2, 0.25) is 5.95 Å². The predicted octanol–water partition coefficient (Wildman–Crippen LogP) is 3.76. The molecule has 9 heteroatoms. The number of nitrogens with one attached hydrogen (secondary N) is 2. The summed E-state index contributed by atoms with van der Waals surface area (Å²) in [5, 5.41) is 13.9. The number of hydrogen-bond acceptors (Lipinski definition) is 5. The molecule has 0 radical (unpaired) electrons. The molecule has 2 aromatic carbocycles. The second kappa shape index (κ2) is 7.53. The molecule has 0 unspecified atom stereocenters. The number of carbonyl (C=O) groups excluding carboxylic acids is 1. The third-order valence-electron chi connectivity index (χ3n) is 3.42. The molecular formula is C18H10F3N5O. The summed E-state index contributed by atoms with van der Waals surface area (Å²) in [4.78, 5) is 20.1. The van der Waals surface area contributed by atoms with Gasteiger partial charge in [0.05, 0.1) is 17.3 Å². The lowest BCUT2D eigenvalue weighted by Gasteiger charge is -2.08. The number of benzene rings is 2. The van der Waals surface area contributed by atoms with Gasteiger partial charge in [-0.05, 0) is 36.4 Å². The minimum absolute atomic E-state index is 0.0588. The number of aromatic nitrogens is 2. The van der Waals surface area contributed by atoms with Crippen LogP contribution < -0.4 is 10.6 Å². The summed E-state index contributed by atoms with van der Waals surface area (Å²) < 4.78 is 39.9. The van der Waals surface area contributed by atoms with Gasteiger partial charge < -0.3 is 10.6 Å². The number of anilines is 3. The van der Waals surface area contributed by atoms with Crippen LogP contribution in [-0.2, 0) is 0 Å². The van der Waals surface area contributed by atoms with Crippen LogP contribution in [0.25, 0.3) is 0 Å². The standard InChI is InChI=1S/C18H10F3N5O/c19-12-4-5-13(16(21)15(12)20)25-17(27)14-6-7-23-18(26-14)24-11-3-1-2-10(8-11)9-22/h1-8H,(H,25,27)(H,23,24,26). The molecule has 0 bridgehead atoms. The van der Waals surface area contributed by atoms with Crippen LogP contribution in [0.15, 0.2) is 48.7 Å². The molecule has 0 fully saturated rings. The SMILES string of the molecule is N#Cc1cccc(Nc2nccc(C(=O)Nc3ccc(F)c(F)c3F)n2)c1. The molecule has 0 saturated carbocycles. The summed E-state index contributed by atoms with van der Waals surface area (Å²) in [7, 11) is 0. The Labute approximate surface area is 151 Å². The Hall–Kier alpha value is -3.93. The van der Waals surface area contributed by atoms with Gasteiger partial charge in [0.1, 0.15) is 5.69 Å². The van der Waals surface area contributed by atoms with Crippen molar-refractivity contribution in [1.29, 1.82) is 5.26 Å². The van der Waals surface area contributed by atoms with Crippen LogP contribution in [0.5, 0.6) is 0 Å². The number of nitrogens with zero attached hydrogens (tertiary/aromatic N) is 3. The summed E-state index contributed by atoms with van der Waals surface area (Å²) in [6.07, 6.45) is 1.29. The molecule has 1 heterocycles. The molecule has 0 atom stereocenters. The Morgan fingerprint density at radius 2 is 1.89 bits per heavy atom. The topological polar surface area (TPSA) is 90.7 Å². The van der Waals surface area contributed by atoms with E-state index in [0.717, 1.165) is 6.07 Å². The lowest BCUT2D eigenvalue weighted by atomic mass is 10.2. The third-order valence-corrected chi connectivity index (χ3v) is 3.42. The number of hydrogen-bond donors (Lipinski definition) is 2. The summed E-state index contributed by atoms with van der Waals surface area (Å²) in [6.45, 7) is 0. The zero-order valence-corrected chi connectivity index (χ0v) is 13.5. The molecular weight excluding hydrogens is 359 g/mol. The lowest BCUT2D eigenvalue weighted by Crippen LogP contribution is -2.16. The van der Waals surface area contributed by atoms with E-state index in [4.69, 9.17) is 5.26 Å². The largest absolute Gasteiger partial charge is 0.324 e. The molecule has 27 heavy (non-hydrogen) atoms. The first-order valence-corrected chi connectivity index (χ1v) is 7.53. The van der Waals surface area contributed by atoms with E-state index in [1.807, 2.05) is 6.07 Å². The highest BCUT2D eigenvalue weighted by atomic mass is 19.2. The van der Waals surface area contributed by atoms with Crippen molar-refractivity contribution >= 4 is 23.2 Å². The Kier molecular flexibility index (Phi) is 4.99. The van der Waals surface area contributed by atoms with Crippen molar-refractivity contribution in [3.63, 3.8) is 0 Å². The van der Waals surface area contributed by atoms with E-state index >= 15 is 0 Å². The first-order chi connectivity index (χ1) is 13.0. The molecule has 3 rings (SSSR count). The molecule has 6 nitrogen and oxygen atoms in total. The van der Waals surface area contributed by atoms with Crippen molar-refractivity contribution in [2.45, 2.75) is 0 Å². The van der Waals surface area contributed by atoms with Crippen LogP contribution in [0.3, 0.4) is 0 Å². The molecule has 0 aliphatic carbocycles. The Bertz CT molecular complexity index is 1070. The monoisotopic (exact) mass is 369 g/mol. The maximum atomic E-state index is 13.7. The van der Waals surface area contributed by atoms with Gasteiger partial charge in [-0.3, -0.25) is 4.79 Å². The van der Waals surface area contributed by atoms with Gasteiger partial charge in [0.15, 0.2) is 17.5 Å². The highest BCUT2D eigenvalue weighted by molar-refractivity contribution is 6.03. The Morgan fingerprint density at radius 1 is 1.07 bits per heavy atom. The molecule has 3 aromatic rings. The van der Waals surface area contributed by atoms with E-state index in [0.29, 0.717) is 17.3 Å². The van der Waals surface area contributed by atoms with Crippen LogP contribution in [0.2, 0.25) is 0 Å². The number of halogens is 3. The second-order valence-electron chi connectivity index (χ2n) is 5.26. The van der Waals surface area contributed by atoms with Crippen molar-refractivity contribution in [1.82, 2.24) is 9.97 Å². The Morgan fingerprint density at radius 3 is 2.67 bits per heavy atom. The molecule has 134 valence electrons. The fraction of sp³-hybridized carbons (Fsp3) is 0. The van der Waals surface area contributed by atoms with Crippen LogP contribution in [-0.4, -0.2) is 15.9 Å². The van der Waals surface area contributed by atoms with Gasteiger partial charge >= 0.3 is 0 Å². The zero-order chi connectivity index (χ0) is 19.4. The second-order valence-corrected chi connectivity index (χ2v) is 5.26. The van der Waals surface area contributed by atoms with Crippen LogP contribution in [0.4, 0.5) is 30.5 Å². The van der Waals surface area contributed by atoms with Crippen molar-refractivity contribution in [3.05, 3.63) is 77.4 Å². The molecule has 0 spiro atoms. The summed E-state index contributed by atoms with van der Waals surface area (Å²) >= 11 is 0. The predicted molar refractivity (Wildman–Crippen MR) is 90.7 cm³/mol. The van der Waals surface area contributed by atoms with Crippen molar-refractivity contribution < 1.29 is 18.0 Å². The summed E-state index contributed by atoms with van der Waals surface area (Å²) in [6, 6.07) is 11.4. The molecule has 0 aliphatic rings. The maximum Gasteiger partial charge on any atom is 0.274 e. The van der Waals surface area contributed by atoms with Crippen LogP contribution in [0, 0.1) is 28.8 Å². The van der Waals surface area contributed by atoms with E-state index < -0.39 is 29.0 Å². The fourth-order valence-corrected chi connectivity index (χ4v) is 2.15. The van der Waals surface area contributed by atoms with Gasteiger partial charge in [-0.15, -0.1) is 0 Å². The number of nitriles is 1. The van der Waals surface area contributed by atoms with E-state index in [9.17, 15) is 18.0 Å². The number of rotatable bonds is 4. The average molecular weight is 369 g/mol. The van der Waals surface area contributed by atoms with Crippen molar-refractivity contribution in [3.8, 4) is 6.07 Å². The molecule has 1 amide bonds. The number of carbonyl (C=O) groups is 1. The molecule has 1 aromatic heterocycles. The molecule has 0 aliphatic heterocycles.